The molecule has 0 saturated carbocycles. The van der Waals surface area contributed by atoms with E-state index in [9.17, 15) is 35.2 Å². The highest BCUT2D eigenvalue weighted by molar-refractivity contribution is 7.87. The molecule has 1 aromatic rings. The highest BCUT2D eigenvalue weighted by Gasteiger charge is 2.69. The van der Waals surface area contributed by atoms with Crippen molar-refractivity contribution in [3.63, 3.8) is 0 Å². The van der Waals surface area contributed by atoms with Crippen LogP contribution >= 0.6 is 0 Å². The Morgan fingerprint density at radius 1 is 1.07 bits per heavy atom. The Kier molecular flexibility index (Phi) is 7.73. The maximum Gasteiger partial charge on any atom is 0.472 e. The Bertz CT molecular complexity index is 729. The molecule has 154 valence electrons. The molecule has 0 N–H and O–H groups in total. The fraction of sp³-hybridized carbons (Fsp3) is 0.562. The fourth-order valence-electron chi connectivity index (χ4n) is 2.12. The number of halogens is 5. The third-order valence-corrected chi connectivity index (χ3v) is 5.06. The van der Waals surface area contributed by atoms with E-state index < -0.39 is 40.0 Å². The Hall–Kier alpha value is -1.75. The number of aryl methyl sites for hydroxylation is 2. The number of carbonyl (C=O) groups is 1. The summed E-state index contributed by atoms with van der Waals surface area (Å²) in [6.07, 6.45) is -7.66. The molecular weight excluding hydrogens is 399 g/mol. The van der Waals surface area contributed by atoms with E-state index in [1.165, 1.54) is 0 Å². The predicted molar refractivity (Wildman–Crippen MR) is 85.6 cm³/mol. The first-order valence-corrected chi connectivity index (χ1v) is 9.29. The number of ether oxygens (including phenoxy) is 1. The van der Waals surface area contributed by atoms with E-state index in [1.807, 2.05) is 19.1 Å². The topological polar surface area (TPSA) is 69.7 Å². The lowest BCUT2D eigenvalue weighted by molar-refractivity contribution is -0.244. The molecule has 0 aliphatic heterocycles. The van der Waals surface area contributed by atoms with Gasteiger partial charge in [0, 0.05) is 0 Å². The van der Waals surface area contributed by atoms with Gasteiger partial charge in [-0.1, -0.05) is 31.2 Å². The third kappa shape index (κ3) is 5.86. The monoisotopic (exact) mass is 418 g/mol. The number of hydrogen-bond acceptors (Lipinski definition) is 5. The zero-order valence-electron chi connectivity index (χ0n) is 14.6. The van der Waals surface area contributed by atoms with E-state index in [2.05, 4.69) is 8.92 Å². The summed E-state index contributed by atoms with van der Waals surface area (Å²) in [6, 6.07) is 7.30. The van der Waals surface area contributed by atoms with Crippen molar-refractivity contribution in [3.05, 3.63) is 35.4 Å². The van der Waals surface area contributed by atoms with E-state index in [0.717, 1.165) is 24.7 Å². The van der Waals surface area contributed by atoms with Gasteiger partial charge in [-0.05, 0) is 36.8 Å². The van der Waals surface area contributed by atoms with Gasteiger partial charge in [-0.25, -0.2) is 8.98 Å². The van der Waals surface area contributed by atoms with Crippen molar-refractivity contribution in [1.29, 1.82) is 0 Å². The van der Waals surface area contributed by atoms with Crippen molar-refractivity contribution in [3.8, 4) is 0 Å². The maximum absolute atomic E-state index is 13.1. The summed E-state index contributed by atoms with van der Waals surface area (Å²) in [5.74, 6) is -1.36. The summed E-state index contributed by atoms with van der Waals surface area (Å²) in [5.41, 5.74) is 1.90. The molecule has 0 amide bonds. The second-order valence-electron chi connectivity index (χ2n) is 5.64. The van der Waals surface area contributed by atoms with Gasteiger partial charge in [0.1, 0.15) is 0 Å². The molecule has 1 aromatic carbocycles. The van der Waals surface area contributed by atoms with Crippen molar-refractivity contribution in [2.45, 2.75) is 50.1 Å². The quantitative estimate of drug-likeness (QED) is 0.348. The number of alkyl halides is 5. The first kappa shape index (κ1) is 23.3. The van der Waals surface area contributed by atoms with Crippen LogP contribution in [0.3, 0.4) is 0 Å². The minimum atomic E-state index is -6.44. The molecule has 0 aromatic heterocycles. The van der Waals surface area contributed by atoms with Crippen molar-refractivity contribution >= 4 is 16.1 Å². The molecule has 0 saturated heterocycles. The van der Waals surface area contributed by atoms with Gasteiger partial charge in [-0.2, -0.15) is 30.4 Å². The summed E-state index contributed by atoms with van der Waals surface area (Å²) >= 11 is 0. The van der Waals surface area contributed by atoms with Crippen molar-refractivity contribution < 1.29 is 44.1 Å². The highest BCUT2D eigenvalue weighted by atomic mass is 32.2. The van der Waals surface area contributed by atoms with Crippen molar-refractivity contribution in [2.75, 3.05) is 7.11 Å². The molecule has 0 aliphatic rings. The van der Waals surface area contributed by atoms with E-state index in [0.29, 0.717) is 6.42 Å². The number of rotatable bonds is 9. The van der Waals surface area contributed by atoms with Crippen LogP contribution in [0.25, 0.3) is 0 Å². The zero-order chi connectivity index (χ0) is 20.9. The molecule has 0 aliphatic carbocycles. The van der Waals surface area contributed by atoms with Gasteiger partial charge in [0.05, 0.1) is 7.11 Å². The van der Waals surface area contributed by atoms with Crippen LogP contribution in [0.4, 0.5) is 22.0 Å². The number of esters is 1. The smallest absolute Gasteiger partial charge is 0.467 e. The Balaban J connectivity index is 2.82. The molecule has 0 fully saturated rings. The van der Waals surface area contributed by atoms with Gasteiger partial charge in [0.2, 0.25) is 0 Å². The maximum atomic E-state index is 13.1. The van der Waals surface area contributed by atoms with Crippen LogP contribution in [-0.4, -0.2) is 39.0 Å². The van der Waals surface area contributed by atoms with Crippen LogP contribution in [0.2, 0.25) is 0 Å². The summed E-state index contributed by atoms with van der Waals surface area (Å²) in [6.45, 7) is 1.96. The van der Waals surface area contributed by atoms with E-state index in [-0.39, 0.29) is 6.42 Å². The Morgan fingerprint density at radius 3 is 2.04 bits per heavy atom. The van der Waals surface area contributed by atoms with E-state index >= 15 is 0 Å². The molecule has 0 bridgehead atoms. The van der Waals surface area contributed by atoms with Crippen LogP contribution in [0, 0.1) is 0 Å². The third-order valence-electron chi connectivity index (χ3n) is 3.71. The van der Waals surface area contributed by atoms with Gasteiger partial charge < -0.3 is 4.74 Å². The fourth-order valence-corrected chi connectivity index (χ4v) is 3.01. The van der Waals surface area contributed by atoms with E-state index in [1.54, 1.807) is 12.1 Å². The first-order chi connectivity index (χ1) is 12.4. The molecule has 1 rings (SSSR count). The zero-order valence-corrected chi connectivity index (χ0v) is 15.4. The van der Waals surface area contributed by atoms with Gasteiger partial charge in [0.15, 0.2) is 6.10 Å². The lowest BCUT2D eigenvalue weighted by Crippen LogP contribution is -2.47. The van der Waals surface area contributed by atoms with Crippen LogP contribution in [-0.2, 0) is 36.7 Å². The molecular formula is C16H19F5O5S. The summed E-state index contributed by atoms with van der Waals surface area (Å²) in [4.78, 5) is 11.6. The molecule has 0 radical (unpaired) electrons. The van der Waals surface area contributed by atoms with Gasteiger partial charge >= 0.3 is 27.5 Å². The SMILES string of the molecule is CCc1ccc(CCCC(OS(=O)(=O)C(F)(F)C(F)(F)F)C(=O)OC)cc1. The minimum Gasteiger partial charge on any atom is -0.467 e. The number of hydrogen-bond donors (Lipinski definition) is 0. The second-order valence-corrected chi connectivity index (χ2v) is 7.25. The molecule has 0 spiro atoms. The molecule has 0 heterocycles. The van der Waals surface area contributed by atoms with E-state index in [4.69, 9.17) is 0 Å². The minimum absolute atomic E-state index is 0.0956. The van der Waals surface area contributed by atoms with Gasteiger partial charge in [-0.3, -0.25) is 0 Å². The summed E-state index contributed by atoms with van der Waals surface area (Å²) in [7, 11) is -5.61. The van der Waals surface area contributed by atoms with Gasteiger partial charge in [0.25, 0.3) is 0 Å². The molecule has 1 unspecified atom stereocenters. The Morgan fingerprint density at radius 2 is 1.59 bits per heavy atom. The number of methoxy groups -OCH3 is 1. The summed E-state index contributed by atoms with van der Waals surface area (Å²) < 4.78 is 93.8. The average molecular weight is 418 g/mol. The standard InChI is InChI=1S/C16H19F5O5S/c1-3-11-7-9-12(10-8-11)5-4-6-13(14(22)25-2)26-27(23,24)16(20,21)15(17,18)19/h7-10,13H,3-6H2,1-2H3. The molecule has 27 heavy (non-hydrogen) atoms. The number of benzene rings is 1. The summed E-state index contributed by atoms with van der Waals surface area (Å²) in [5, 5.41) is -6.15. The number of carbonyl (C=O) groups excluding carboxylic acids is 1. The largest absolute Gasteiger partial charge is 0.472 e. The van der Waals surface area contributed by atoms with Gasteiger partial charge in [-0.15, -0.1) is 0 Å². The average Bonchev–Trinajstić information content (AvgIpc) is 2.59. The van der Waals surface area contributed by atoms with Crippen LogP contribution in [0.5, 0.6) is 0 Å². The van der Waals surface area contributed by atoms with Crippen molar-refractivity contribution in [1.82, 2.24) is 0 Å². The first-order valence-electron chi connectivity index (χ1n) is 7.88. The molecule has 11 heteroatoms. The van der Waals surface area contributed by atoms with Crippen LogP contribution in [0.15, 0.2) is 24.3 Å². The van der Waals surface area contributed by atoms with Crippen LogP contribution < -0.4 is 0 Å². The molecule has 5 nitrogen and oxygen atoms in total. The molecule has 1 atom stereocenters. The van der Waals surface area contributed by atoms with Crippen molar-refractivity contribution in [2.24, 2.45) is 0 Å². The normalized spacial score (nSPS) is 14.0. The Labute approximate surface area is 153 Å². The predicted octanol–water partition coefficient (Wildman–Crippen LogP) is 3.61. The highest BCUT2D eigenvalue weighted by Crippen LogP contribution is 2.41. The lowest BCUT2D eigenvalue weighted by atomic mass is 10.0. The second kappa shape index (κ2) is 8.96. The van der Waals surface area contributed by atoms with Crippen LogP contribution in [0.1, 0.15) is 30.9 Å². The lowest BCUT2D eigenvalue weighted by Gasteiger charge is -2.22.